The molecule has 0 aliphatic carbocycles. The number of nitrogens with one attached hydrogen (secondary N) is 1. The Bertz CT molecular complexity index is 1090. The van der Waals surface area contributed by atoms with E-state index in [2.05, 4.69) is 26.4 Å². The van der Waals surface area contributed by atoms with Gasteiger partial charge in [-0.15, -0.1) is 0 Å². The van der Waals surface area contributed by atoms with Gasteiger partial charge in [-0.1, -0.05) is 35.5 Å². The molecule has 0 aliphatic heterocycles. The molecule has 3 rings (SSSR count). The molecule has 0 aliphatic rings. The number of nitro groups is 1. The van der Waals surface area contributed by atoms with E-state index in [1.807, 2.05) is 18.2 Å². The van der Waals surface area contributed by atoms with E-state index >= 15 is 0 Å². The van der Waals surface area contributed by atoms with E-state index in [0.29, 0.717) is 21.5 Å². The number of amides is 1. The molecule has 0 aromatic heterocycles. The van der Waals surface area contributed by atoms with Crippen LogP contribution in [0.3, 0.4) is 0 Å². The molecule has 0 fully saturated rings. The zero-order valence-corrected chi connectivity index (χ0v) is 17.8. The quantitative estimate of drug-likeness (QED) is 0.264. The van der Waals surface area contributed by atoms with Gasteiger partial charge in [0.05, 0.1) is 15.6 Å². The van der Waals surface area contributed by atoms with Crippen LogP contribution in [0.5, 0.6) is 5.75 Å². The van der Waals surface area contributed by atoms with E-state index in [4.69, 9.17) is 9.57 Å². The highest BCUT2D eigenvalue weighted by atomic mass is 79.9. The SMILES string of the molecule is O=C(COc1ccc(/C=N\OCc2cccc([N+](=O)[O-])c2)cc1Br)Nc1ccccc1. The van der Waals surface area contributed by atoms with Crippen LogP contribution in [-0.4, -0.2) is 23.7 Å². The number of rotatable bonds is 9. The molecule has 0 radical (unpaired) electrons. The zero-order chi connectivity index (χ0) is 22.1. The van der Waals surface area contributed by atoms with Crippen molar-refractivity contribution in [1.29, 1.82) is 0 Å². The molecule has 0 heterocycles. The molecule has 8 nitrogen and oxygen atoms in total. The number of benzene rings is 3. The third-order valence-corrected chi connectivity index (χ3v) is 4.62. The van der Waals surface area contributed by atoms with Gasteiger partial charge in [-0.05, 0) is 57.4 Å². The average Bonchev–Trinajstić information content (AvgIpc) is 2.77. The van der Waals surface area contributed by atoms with Crippen LogP contribution in [0.2, 0.25) is 0 Å². The molecule has 0 bridgehead atoms. The number of carbonyl (C=O) groups excluding carboxylic acids is 1. The summed E-state index contributed by atoms with van der Waals surface area (Å²) in [6.07, 6.45) is 1.51. The predicted molar refractivity (Wildman–Crippen MR) is 120 cm³/mol. The average molecular weight is 484 g/mol. The number of hydrogen-bond acceptors (Lipinski definition) is 6. The first-order valence-corrected chi connectivity index (χ1v) is 9.96. The molecule has 0 saturated carbocycles. The van der Waals surface area contributed by atoms with Crippen LogP contribution < -0.4 is 10.1 Å². The summed E-state index contributed by atoms with van der Waals surface area (Å²) in [4.78, 5) is 27.5. The first-order valence-electron chi connectivity index (χ1n) is 9.17. The molecule has 3 aromatic carbocycles. The predicted octanol–water partition coefficient (Wildman–Crippen LogP) is 4.93. The van der Waals surface area contributed by atoms with Crippen molar-refractivity contribution < 1.29 is 19.3 Å². The van der Waals surface area contributed by atoms with Gasteiger partial charge in [-0.25, -0.2) is 0 Å². The minimum absolute atomic E-state index is 0.00190. The van der Waals surface area contributed by atoms with E-state index < -0.39 is 4.92 Å². The van der Waals surface area contributed by atoms with Crippen molar-refractivity contribution in [1.82, 2.24) is 0 Å². The maximum absolute atomic E-state index is 12.0. The number of halogens is 1. The van der Waals surface area contributed by atoms with Gasteiger partial charge in [0.2, 0.25) is 0 Å². The lowest BCUT2D eigenvalue weighted by molar-refractivity contribution is -0.384. The Labute approximate surface area is 186 Å². The minimum atomic E-state index is -0.459. The summed E-state index contributed by atoms with van der Waals surface area (Å²) in [6, 6.07) is 20.5. The van der Waals surface area contributed by atoms with E-state index in [-0.39, 0.29) is 24.8 Å². The van der Waals surface area contributed by atoms with E-state index in [0.717, 1.165) is 5.56 Å². The topological polar surface area (TPSA) is 103 Å². The zero-order valence-electron chi connectivity index (χ0n) is 16.2. The molecule has 31 heavy (non-hydrogen) atoms. The summed E-state index contributed by atoms with van der Waals surface area (Å²) < 4.78 is 6.21. The van der Waals surface area contributed by atoms with Crippen molar-refractivity contribution in [3.63, 3.8) is 0 Å². The fourth-order valence-corrected chi connectivity index (χ4v) is 3.06. The molecule has 0 atom stereocenters. The molecule has 9 heteroatoms. The van der Waals surface area contributed by atoms with Crippen molar-refractivity contribution in [3.05, 3.63) is 98.5 Å². The Hall–Kier alpha value is -3.72. The van der Waals surface area contributed by atoms with Crippen LogP contribution in [0, 0.1) is 10.1 Å². The summed E-state index contributed by atoms with van der Waals surface area (Å²) in [5, 5.41) is 17.4. The number of para-hydroxylation sites is 1. The van der Waals surface area contributed by atoms with E-state index in [1.54, 1.807) is 42.5 Å². The van der Waals surface area contributed by atoms with Gasteiger partial charge in [0.15, 0.2) is 6.61 Å². The number of non-ortho nitro benzene ring substituents is 1. The second-order valence-electron chi connectivity index (χ2n) is 6.33. The Morgan fingerprint density at radius 2 is 1.90 bits per heavy atom. The fraction of sp³-hybridized carbons (Fsp3) is 0.0909. The van der Waals surface area contributed by atoms with Crippen molar-refractivity contribution in [3.8, 4) is 5.75 Å². The third kappa shape index (κ3) is 6.93. The summed E-state index contributed by atoms with van der Waals surface area (Å²) >= 11 is 3.41. The van der Waals surface area contributed by atoms with Crippen LogP contribution in [0.1, 0.15) is 11.1 Å². The minimum Gasteiger partial charge on any atom is -0.483 e. The Morgan fingerprint density at radius 1 is 1.10 bits per heavy atom. The monoisotopic (exact) mass is 483 g/mol. The molecule has 0 unspecified atom stereocenters. The molecule has 0 spiro atoms. The molecule has 158 valence electrons. The number of nitrogens with zero attached hydrogens (tertiary/aromatic N) is 2. The van der Waals surface area contributed by atoms with E-state index in [1.165, 1.54) is 18.3 Å². The highest BCUT2D eigenvalue weighted by molar-refractivity contribution is 9.10. The lowest BCUT2D eigenvalue weighted by Crippen LogP contribution is -2.20. The van der Waals surface area contributed by atoms with Gasteiger partial charge >= 0.3 is 0 Å². The van der Waals surface area contributed by atoms with Gasteiger partial charge in [0, 0.05) is 17.8 Å². The number of nitro benzene ring substituents is 1. The highest BCUT2D eigenvalue weighted by Crippen LogP contribution is 2.25. The Kier molecular flexibility index (Phi) is 7.72. The molecule has 1 amide bonds. The maximum atomic E-state index is 12.0. The Balaban J connectivity index is 1.49. The number of ether oxygens (including phenoxy) is 1. The smallest absolute Gasteiger partial charge is 0.269 e. The molecule has 0 saturated heterocycles. The summed E-state index contributed by atoms with van der Waals surface area (Å²) in [5.74, 6) is 0.246. The normalized spacial score (nSPS) is 10.6. The number of hydrogen-bond donors (Lipinski definition) is 1. The number of oxime groups is 1. The summed E-state index contributed by atoms with van der Waals surface area (Å²) in [6.45, 7) is -0.0235. The third-order valence-electron chi connectivity index (χ3n) is 4.00. The number of anilines is 1. The van der Waals surface area contributed by atoms with Crippen molar-refractivity contribution in [2.24, 2.45) is 5.16 Å². The van der Waals surface area contributed by atoms with Crippen LogP contribution in [0.15, 0.2) is 82.4 Å². The lowest BCUT2D eigenvalue weighted by Gasteiger charge is -2.09. The second-order valence-corrected chi connectivity index (χ2v) is 7.18. The first kappa shape index (κ1) is 22.0. The van der Waals surface area contributed by atoms with E-state index in [9.17, 15) is 14.9 Å². The Morgan fingerprint density at radius 3 is 2.65 bits per heavy atom. The first-order chi connectivity index (χ1) is 15.0. The largest absolute Gasteiger partial charge is 0.483 e. The van der Waals surface area contributed by atoms with Crippen molar-refractivity contribution in [2.75, 3.05) is 11.9 Å². The molecule has 3 aromatic rings. The van der Waals surface area contributed by atoms with Crippen LogP contribution >= 0.6 is 15.9 Å². The number of carbonyl (C=O) groups is 1. The van der Waals surface area contributed by atoms with Gasteiger partial charge in [0.1, 0.15) is 12.4 Å². The lowest BCUT2D eigenvalue weighted by atomic mass is 10.2. The van der Waals surface area contributed by atoms with Crippen LogP contribution in [0.4, 0.5) is 11.4 Å². The maximum Gasteiger partial charge on any atom is 0.269 e. The molecule has 1 N–H and O–H groups in total. The fourth-order valence-electron chi connectivity index (χ4n) is 2.55. The summed E-state index contributed by atoms with van der Waals surface area (Å²) in [7, 11) is 0. The molecular weight excluding hydrogens is 466 g/mol. The standard InChI is InChI=1S/C22H18BrN3O5/c23-20-12-16(13-24-31-14-17-5-4-8-19(11-17)26(28)29)9-10-21(20)30-15-22(27)25-18-6-2-1-3-7-18/h1-13H,14-15H2,(H,25,27)/b24-13-. The molecular formula is C22H18BrN3O5. The van der Waals surface area contributed by atoms with Crippen molar-refractivity contribution in [2.45, 2.75) is 6.61 Å². The van der Waals surface area contributed by atoms with Gasteiger partial charge in [0.25, 0.3) is 11.6 Å². The van der Waals surface area contributed by atoms with Crippen LogP contribution in [0.25, 0.3) is 0 Å². The summed E-state index contributed by atoms with van der Waals surface area (Å²) in [5.41, 5.74) is 2.09. The van der Waals surface area contributed by atoms with Crippen LogP contribution in [-0.2, 0) is 16.2 Å². The highest BCUT2D eigenvalue weighted by Gasteiger charge is 2.07. The second kappa shape index (κ2) is 10.9. The van der Waals surface area contributed by atoms with Gasteiger partial charge in [-0.2, -0.15) is 0 Å². The van der Waals surface area contributed by atoms with Gasteiger partial charge in [-0.3, -0.25) is 14.9 Å². The van der Waals surface area contributed by atoms with Gasteiger partial charge < -0.3 is 14.9 Å². The van der Waals surface area contributed by atoms with Crippen molar-refractivity contribution >= 4 is 39.4 Å².